The molecule has 2 heterocycles. The van der Waals surface area contributed by atoms with Crippen LogP contribution in [0.3, 0.4) is 0 Å². The summed E-state index contributed by atoms with van der Waals surface area (Å²) in [7, 11) is 0. The molecule has 0 saturated carbocycles. The lowest BCUT2D eigenvalue weighted by molar-refractivity contribution is -0.0165. The van der Waals surface area contributed by atoms with Gasteiger partial charge in [-0.15, -0.1) is 0 Å². The van der Waals surface area contributed by atoms with Crippen LogP contribution in [0, 0.1) is 6.92 Å². The van der Waals surface area contributed by atoms with E-state index < -0.39 is 0 Å². The van der Waals surface area contributed by atoms with Crippen LogP contribution in [-0.2, 0) is 4.74 Å². The predicted molar refractivity (Wildman–Crippen MR) is 97.4 cm³/mol. The maximum Gasteiger partial charge on any atom is 0.191 e. The Morgan fingerprint density at radius 3 is 2.83 bits per heavy atom. The molecule has 6 nitrogen and oxygen atoms in total. The molecule has 0 bridgehead atoms. The molecule has 2 rings (SSSR count). The van der Waals surface area contributed by atoms with Crippen molar-refractivity contribution in [1.82, 2.24) is 15.5 Å². The minimum absolute atomic E-state index is 0.0779. The first kappa shape index (κ1) is 18.8. The molecule has 2 N–H and O–H groups in total. The molecule has 1 aromatic rings. The molecule has 3 unspecified atom stereocenters. The van der Waals surface area contributed by atoms with Crippen molar-refractivity contribution in [3.05, 3.63) is 23.7 Å². The maximum absolute atomic E-state index is 5.69. The van der Waals surface area contributed by atoms with Gasteiger partial charge >= 0.3 is 0 Å². The van der Waals surface area contributed by atoms with Crippen LogP contribution in [0.1, 0.15) is 45.3 Å². The monoisotopic (exact) mass is 336 g/mol. The normalized spacial score (nSPS) is 22.2. The first-order valence-electron chi connectivity index (χ1n) is 8.96. The van der Waals surface area contributed by atoms with Crippen molar-refractivity contribution < 1.29 is 9.15 Å². The topological polar surface area (TPSA) is 62.0 Å². The summed E-state index contributed by atoms with van der Waals surface area (Å²) in [5.41, 5.74) is 0. The molecule has 1 aliphatic heterocycles. The van der Waals surface area contributed by atoms with E-state index in [1.165, 1.54) is 0 Å². The number of furan rings is 1. The average Bonchev–Trinajstić information content (AvgIpc) is 2.99. The smallest absolute Gasteiger partial charge is 0.191 e. The summed E-state index contributed by atoms with van der Waals surface area (Å²) in [6.07, 6.45) is 0. The van der Waals surface area contributed by atoms with Crippen LogP contribution in [0.5, 0.6) is 0 Å². The molecular weight excluding hydrogens is 304 g/mol. The van der Waals surface area contributed by atoms with Crippen LogP contribution in [0.15, 0.2) is 21.5 Å². The number of aliphatic imine (C=N–C) groups is 1. The van der Waals surface area contributed by atoms with E-state index in [1.54, 1.807) is 0 Å². The molecule has 24 heavy (non-hydrogen) atoms. The Morgan fingerprint density at radius 2 is 2.21 bits per heavy atom. The van der Waals surface area contributed by atoms with E-state index in [0.717, 1.165) is 50.3 Å². The standard InChI is InChI=1S/C18H32N4O2/c1-6-19-18(21-16(5)17-8-7-15(4)24-17)20-11-13(2)22-9-10-23-12-14(22)3/h7-8,13-14,16H,6,9-12H2,1-5H3,(H2,19,20,21). The van der Waals surface area contributed by atoms with E-state index in [9.17, 15) is 0 Å². The van der Waals surface area contributed by atoms with Gasteiger partial charge in [0.1, 0.15) is 11.5 Å². The van der Waals surface area contributed by atoms with Gasteiger partial charge in [0.2, 0.25) is 0 Å². The van der Waals surface area contributed by atoms with E-state index in [-0.39, 0.29) is 6.04 Å². The van der Waals surface area contributed by atoms with E-state index in [4.69, 9.17) is 14.1 Å². The van der Waals surface area contributed by atoms with Gasteiger partial charge < -0.3 is 19.8 Å². The molecule has 3 atom stereocenters. The summed E-state index contributed by atoms with van der Waals surface area (Å²) in [5, 5.41) is 6.73. The van der Waals surface area contributed by atoms with Crippen LogP contribution >= 0.6 is 0 Å². The van der Waals surface area contributed by atoms with Gasteiger partial charge in [0.05, 0.1) is 25.8 Å². The fourth-order valence-electron chi connectivity index (χ4n) is 3.01. The van der Waals surface area contributed by atoms with Gasteiger partial charge in [0, 0.05) is 25.2 Å². The molecule has 1 aromatic heterocycles. The van der Waals surface area contributed by atoms with Crippen molar-refractivity contribution in [2.24, 2.45) is 4.99 Å². The lowest BCUT2D eigenvalue weighted by Gasteiger charge is -2.37. The SMILES string of the molecule is CCNC(=NCC(C)N1CCOCC1C)NC(C)c1ccc(C)o1. The van der Waals surface area contributed by atoms with Crippen molar-refractivity contribution in [2.45, 2.75) is 52.7 Å². The van der Waals surface area contributed by atoms with Crippen LogP contribution in [-0.4, -0.2) is 55.8 Å². The Kier molecular flexibility index (Phi) is 7.12. The van der Waals surface area contributed by atoms with E-state index in [2.05, 4.69) is 43.2 Å². The first-order chi connectivity index (χ1) is 11.5. The Hall–Kier alpha value is -1.53. The van der Waals surface area contributed by atoms with Crippen molar-refractivity contribution in [3.8, 4) is 0 Å². The van der Waals surface area contributed by atoms with Crippen molar-refractivity contribution in [1.29, 1.82) is 0 Å². The number of aryl methyl sites for hydroxylation is 1. The van der Waals surface area contributed by atoms with Crippen LogP contribution < -0.4 is 10.6 Å². The third-order valence-electron chi connectivity index (χ3n) is 4.38. The number of nitrogens with one attached hydrogen (secondary N) is 2. The van der Waals surface area contributed by atoms with Gasteiger partial charge in [0.15, 0.2) is 5.96 Å². The Bertz CT molecular complexity index is 529. The minimum atomic E-state index is 0.0779. The highest BCUT2D eigenvalue weighted by Crippen LogP contribution is 2.15. The second-order valence-electron chi connectivity index (χ2n) is 6.54. The summed E-state index contributed by atoms with van der Waals surface area (Å²) in [5.74, 6) is 2.68. The highest BCUT2D eigenvalue weighted by Gasteiger charge is 2.23. The van der Waals surface area contributed by atoms with Crippen molar-refractivity contribution in [3.63, 3.8) is 0 Å². The molecule has 1 fully saturated rings. The van der Waals surface area contributed by atoms with E-state index in [1.807, 2.05) is 19.1 Å². The van der Waals surface area contributed by atoms with Gasteiger partial charge in [-0.3, -0.25) is 9.89 Å². The number of guanidine groups is 1. The molecule has 1 saturated heterocycles. The molecule has 0 radical (unpaired) electrons. The zero-order valence-electron chi connectivity index (χ0n) is 15.6. The lowest BCUT2D eigenvalue weighted by Crippen LogP contribution is -2.49. The van der Waals surface area contributed by atoms with Crippen molar-refractivity contribution >= 4 is 5.96 Å². The molecule has 0 spiro atoms. The molecule has 6 heteroatoms. The second-order valence-corrected chi connectivity index (χ2v) is 6.54. The lowest BCUT2D eigenvalue weighted by atomic mass is 10.2. The van der Waals surface area contributed by atoms with E-state index >= 15 is 0 Å². The van der Waals surface area contributed by atoms with Gasteiger partial charge in [-0.25, -0.2) is 0 Å². The summed E-state index contributed by atoms with van der Waals surface area (Å²) in [4.78, 5) is 7.23. The molecular formula is C18H32N4O2. The van der Waals surface area contributed by atoms with Gasteiger partial charge in [-0.2, -0.15) is 0 Å². The Balaban J connectivity index is 1.94. The van der Waals surface area contributed by atoms with Crippen LogP contribution in [0.2, 0.25) is 0 Å². The Morgan fingerprint density at radius 1 is 1.42 bits per heavy atom. The summed E-state index contributed by atoms with van der Waals surface area (Å²) in [6.45, 7) is 14.7. The predicted octanol–water partition coefficient (Wildman–Crippen LogP) is 2.31. The van der Waals surface area contributed by atoms with Crippen LogP contribution in [0.25, 0.3) is 0 Å². The zero-order valence-corrected chi connectivity index (χ0v) is 15.6. The number of hydrogen-bond acceptors (Lipinski definition) is 4. The Labute approximate surface area is 145 Å². The number of ether oxygens (including phenoxy) is 1. The zero-order chi connectivity index (χ0) is 17.5. The fraction of sp³-hybridized carbons (Fsp3) is 0.722. The summed E-state index contributed by atoms with van der Waals surface area (Å²) >= 11 is 0. The average molecular weight is 336 g/mol. The first-order valence-corrected chi connectivity index (χ1v) is 8.96. The largest absolute Gasteiger partial charge is 0.464 e. The van der Waals surface area contributed by atoms with E-state index in [0.29, 0.717) is 12.1 Å². The molecule has 0 aromatic carbocycles. The number of nitrogens with zero attached hydrogens (tertiary/aromatic N) is 2. The number of morpholine rings is 1. The minimum Gasteiger partial charge on any atom is -0.464 e. The summed E-state index contributed by atoms with van der Waals surface area (Å²) < 4.78 is 11.2. The highest BCUT2D eigenvalue weighted by molar-refractivity contribution is 5.80. The number of hydrogen-bond donors (Lipinski definition) is 2. The second kappa shape index (κ2) is 9.08. The molecule has 1 aliphatic rings. The summed E-state index contributed by atoms with van der Waals surface area (Å²) in [6, 6.07) is 4.91. The fourth-order valence-corrected chi connectivity index (χ4v) is 3.01. The maximum atomic E-state index is 5.69. The molecule has 0 aliphatic carbocycles. The third kappa shape index (κ3) is 5.24. The third-order valence-corrected chi connectivity index (χ3v) is 4.38. The molecule has 136 valence electrons. The van der Waals surface area contributed by atoms with Gasteiger partial charge in [0.25, 0.3) is 0 Å². The highest BCUT2D eigenvalue weighted by atomic mass is 16.5. The molecule has 0 amide bonds. The quantitative estimate of drug-likeness (QED) is 0.617. The van der Waals surface area contributed by atoms with Gasteiger partial charge in [-0.1, -0.05) is 0 Å². The van der Waals surface area contributed by atoms with Crippen LogP contribution in [0.4, 0.5) is 0 Å². The van der Waals surface area contributed by atoms with Gasteiger partial charge in [-0.05, 0) is 46.8 Å². The number of rotatable bonds is 6. The van der Waals surface area contributed by atoms with Crippen molar-refractivity contribution in [2.75, 3.05) is 32.8 Å².